The van der Waals surface area contributed by atoms with E-state index in [1.165, 1.54) is 0 Å². The van der Waals surface area contributed by atoms with E-state index in [4.69, 9.17) is 5.73 Å². The zero-order valence-electron chi connectivity index (χ0n) is 17.4. The lowest BCUT2D eigenvalue weighted by molar-refractivity contribution is -0.141. The molecule has 2 aromatic rings. The van der Waals surface area contributed by atoms with Gasteiger partial charge in [0.15, 0.2) is 0 Å². The molecule has 2 aliphatic rings. The van der Waals surface area contributed by atoms with Crippen LogP contribution in [0.25, 0.3) is 11.1 Å². The number of unbranched alkanes of at least 4 members (excludes halogenated alkanes) is 1. The molecule has 3 N–H and O–H groups in total. The van der Waals surface area contributed by atoms with Gasteiger partial charge < -0.3 is 16.0 Å². The normalized spacial score (nSPS) is 19.8. The molecule has 1 atom stereocenters. The first-order valence-electron chi connectivity index (χ1n) is 10.8. The van der Waals surface area contributed by atoms with Gasteiger partial charge in [0.2, 0.25) is 5.91 Å². The molecule has 1 aliphatic carbocycles. The minimum atomic E-state index is -4.46. The van der Waals surface area contributed by atoms with Crippen molar-refractivity contribution in [1.82, 2.24) is 10.2 Å². The molecule has 4 rings (SSSR count). The summed E-state index contributed by atoms with van der Waals surface area (Å²) in [6.07, 6.45) is -1.41. The molecule has 1 unspecified atom stereocenters. The molecule has 7 heteroatoms. The maximum absolute atomic E-state index is 13.4. The van der Waals surface area contributed by atoms with Crippen molar-refractivity contribution in [3.05, 3.63) is 59.7 Å². The highest BCUT2D eigenvalue weighted by atomic mass is 19.4. The number of halogens is 3. The summed E-state index contributed by atoms with van der Waals surface area (Å²) in [5.41, 5.74) is 8.29. The fraction of sp³-hybridized carbons (Fsp3) is 0.458. The minimum absolute atomic E-state index is 0.216. The van der Waals surface area contributed by atoms with Crippen LogP contribution in [0.15, 0.2) is 48.5 Å². The Morgan fingerprint density at radius 3 is 2.23 bits per heavy atom. The predicted molar refractivity (Wildman–Crippen MR) is 115 cm³/mol. The fourth-order valence-corrected chi connectivity index (χ4v) is 5.08. The Kier molecular flexibility index (Phi) is 6.08. The molecule has 166 valence electrons. The van der Waals surface area contributed by atoms with Gasteiger partial charge in [0.1, 0.15) is 12.0 Å². The number of carbonyl (C=O) groups is 1. The monoisotopic (exact) mass is 431 g/mol. The lowest BCUT2D eigenvalue weighted by atomic mass is 9.73. The molecule has 1 amide bonds. The number of hydrogen-bond acceptors (Lipinski definition) is 3. The van der Waals surface area contributed by atoms with E-state index >= 15 is 0 Å². The van der Waals surface area contributed by atoms with E-state index in [1.807, 2.05) is 48.5 Å². The van der Waals surface area contributed by atoms with Crippen LogP contribution in [-0.4, -0.2) is 49.2 Å². The smallest absolute Gasteiger partial charge is 0.346 e. The lowest BCUT2D eigenvalue weighted by Crippen LogP contribution is -2.47. The zero-order chi connectivity index (χ0) is 22.1. The Morgan fingerprint density at radius 2 is 1.68 bits per heavy atom. The van der Waals surface area contributed by atoms with Gasteiger partial charge in [-0.25, -0.2) is 0 Å². The third-order valence-electron chi connectivity index (χ3n) is 6.49. The Labute approximate surface area is 180 Å². The number of rotatable bonds is 7. The standard InChI is InChI=1S/C24H28F3N3O/c25-24(26,27)16-29-22(31)23(12-5-6-13-30-14-11-17(28)15-30)20-9-3-1-7-18(20)19-8-2-4-10-21(19)23/h1-4,7-10,17H,5-6,11-16,28H2,(H,29,31). The molecule has 1 saturated heterocycles. The second kappa shape index (κ2) is 8.63. The van der Waals surface area contributed by atoms with E-state index in [0.717, 1.165) is 61.2 Å². The molecule has 1 aliphatic heterocycles. The Bertz CT molecular complexity index is 898. The first-order valence-corrected chi connectivity index (χ1v) is 10.8. The summed E-state index contributed by atoms with van der Waals surface area (Å²) in [4.78, 5) is 15.7. The Morgan fingerprint density at radius 1 is 1.06 bits per heavy atom. The van der Waals surface area contributed by atoms with Crippen molar-refractivity contribution in [2.75, 3.05) is 26.2 Å². The highest BCUT2D eigenvalue weighted by Gasteiger charge is 2.49. The third kappa shape index (κ3) is 4.34. The van der Waals surface area contributed by atoms with Gasteiger partial charge in [-0.05, 0) is 54.6 Å². The summed E-state index contributed by atoms with van der Waals surface area (Å²) >= 11 is 0. The van der Waals surface area contributed by atoms with Crippen LogP contribution in [0.3, 0.4) is 0 Å². The van der Waals surface area contributed by atoms with Crippen LogP contribution in [0.2, 0.25) is 0 Å². The number of benzene rings is 2. The Balaban J connectivity index is 1.61. The van der Waals surface area contributed by atoms with Crippen LogP contribution in [0, 0.1) is 0 Å². The summed E-state index contributed by atoms with van der Waals surface area (Å²) in [7, 11) is 0. The SMILES string of the molecule is NC1CCN(CCCCC2(C(=O)NCC(F)(F)F)c3ccccc3-c3ccccc32)C1. The molecule has 4 nitrogen and oxygen atoms in total. The van der Waals surface area contributed by atoms with Crippen LogP contribution < -0.4 is 11.1 Å². The van der Waals surface area contributed by atoms with Crippen LogP contribution in [0.4, 0.5) is 13.2 Å². The molecule has 2 aromatic carbocycles. The minimum Gasteiger partial charge on any atom is -0.346 e. The zero-order valence-corrected chi connectivity index (χ0v) is 17.4. The number of hydrogen-bond donors (Lipinski definition) is 2. The number of likely N-dealkylation sites (tertiary alicyclic amines) is 1. The van der Waals surface area contributed by atoms with Gasteiger partial charge in [-0.2, -0.15) is 13.2 Å². The van der Waals surface area contributed by atoms with Crippen molar-refractivity contribution in [1.29, 1.82) is 0 Å². The van der Waals surface area contributed by atoms with Crippen LogP contribution in [0.1, 0.15) is 36.8 Å². The number of carbonyl (C=O) groups excluding carboxylic acids is 1. The van der Waals surface area contributed by atoms with Gasteiger partial charge in [-0.15, -0.1) is 0 Å². The molecule has 1 fully saturated rings. The molecule has 0 spiro atoms. The number of nitrogens with zero attached hydrogens (tertiary/aromatic N) is 1. The predicted octanol–water partition coefficient (Wildman–Crippen LogP) is 3.83. The van der Waals surface area contributed by atoms with E-state index in [-0.39, 0.29) is 6.04 Å². The Hall–Kier alpha value is -2.38. The van der Waals surface area contributed by atoms with Gasteiger partial charge in [-0.3, -0.25) is 4.79 Å². The molecule has 0 saturated carbocycles. The summed E-state index contributed by atoms with van der Waals surface area (Å²) in [5.74, 6) is -0.578. The highest BCUT2D eigenvalue weighted by molar-refractivity contribution is 6.00. The summed E-state index contributed by atoms with van der Waals surface area (Å²) in [6, 6.07) is 15.4. The average Bonchev–Trinajstić information content (AvgIpc) is 3.29. The van der Waals surface area contributed by atoms with Crippen molar-refractivity contribution in [2.45, 2.75) is 43.3 Å². The number of nitrogens with one attached hydrogen (secondary N) is 1. The number of alkyl halides is 3. The summed E-state index contributed by atoms with van der Waals surface area (Å²) < 4.78 is 38.7. The quantitative estimate of drug-likeness (QED) is 0.655. The maximum Gasteiger partial charge on any atom is 0.405 e. The van der Waals surface area contributed by atoms with Crippen molar-refractivity contribution in [3.8, 4) is 11.1 Å². The molecular weight excluding hydrogens is 403 g/mol. The second-order valence-electron chi connectivity index (χ2n) is 8.60. The molecule has 0 aromatic heterocycles. The number of fused-ring (bicyclic) bond motifs is 3. The first-order chi connectivity index (χ1) is 14.8. The van der Waals surface area contributed by atoms with Gasteiger partial charge in [0, 0.05) is 12.6 Å². The van der Waals surface area contributed by atoms with Gasteiger partial charge >= 0.3 is 6.18 Å². The van der Waals surface area contributed by atoms with Crippen molar-refractivity contribution >= 4 is 5.91 Å². The van der Waals surface area contributed by atoms with Crippen LogP contribution in [-0.2, 0) is 10.2 Å². The van der Waals surface area contributed by atoms with Crippen LogP contribution >= 0.6 is 0 Å². The van der Waals surface area contributed by atoms with E-state index < -0.39 is 24.0 Å². The van der Waals surface area contributed by atoms with Gasteiger partial charge in [0.05, 0.1) is 0 Å². The molecule has 1 heterocycles. The van der Waals surface area contributed by atoms with Crippen molar-refractivity contribution in [2.24, 2.45) is 5.73 Å². The average molecular weight is 432 g/mol. The highest BCUT2D eigenvalue weighted by Crippen LogP contribution is 2.51. The molecule has 0 radical (unpaired) electrons. The largest absolute Gasteiger partial charge is 0.405 e. The number of nitrogens with two attached hydrogens (primary N) is 1. The topological polar surface area (TPSA) is 58.4 Å². The van der Waals surface area contributed by atoms with Crippen molar-refractivity contribution in [3.63, 3.8) is 0 Å². The maximum atomic E-state index is 13.4. The summed E-state index contributed by atoms with van der Waals surface area (Å²) in [6.45, 7) is 1.41. The molecule has 0 bridgehead atoms. The lowest BCUT2D eigenvalue weighted by Gasteiger charge is -2.31. The van der Waals surface area contributed by atoms with E-state index in [9.17, 15) is 18.0 Å². The second-order valence-corrected chi connectivity index (χ2v) is 8.60. The fourth-order valence-electron chi connectivity index (χ4n) is 5.08. The van der Waals surface area contributed by atoms with Gasteiger partial charge in [0.25, 0.3) is 0 Å². The number of amides is 1. The van der Waals surface area contributed by atoms with E-state index in [2.05, 4.69) is 10.2 Å². The van der Waals surface area contributed by atoms with E-state index in [0.29, 0.717) is 6.42 Å². The molecule has 31 heavy (non-hydrogen) atoms. The van der Waals surface area contributed by atoms with Gasteiger partial charge in [-0.1, -0.05) is 55.0 Å². The van der Waals surface area contributed by atoms with E-state index in [1.54, 1.807) is 0 Å². The first kappa shape index (κ1) is 21.8. The summed E-state index contributed by atoms with van der Waals surface area (Å²) in [5, 5.41) is 2.18. The molecular formula is C24H28F3N3O. The third-order valence-corrected chi connectivity index (χ3v) is 6.49. The van der Waals surface area contributed by atoms with Crippen LogP contribution in [0.5, 0.6) is 0 Å². The van der Waals surface area contributed by atoms with Crippen molar-refractivity contribution < 1.29 is 18.0 Å².